The van der Waals surface area contributed by atoms with Crippen molar-refractivity contribution in [1.82, 2.24) is 9.55 Å². The molecule has 8 rings (SSSR count). The molecule has 0 fully saturated rings. The van der Waals surface area contributed by atoms with Gasteiger partial charge in [-0.1, -0.05) is 172 Å². The van der Waals surface area contributed by atoms with Gasteiger partial charge in [0.15, 0.2) is 0 Å². The molecule has 0 amide bonds. The minimum absolute atomic E-state index is 0.0126. The van der Waals surface area contributed by atoms with Crippen LogP contribution in [-0.4, -0.2) is 16.2 Å². The monoisotopic (exact) mass is 879 g/mol. The first kappa shape index (κ1) is 46.7. The van der Waals surface area contributed by atoms with Crippen molar-refractivity contribution in [3.05, 3.63) is 167 Å². The van der Waals surface area contributed by atoms with Gasteiger partial charge in [-0.25, -0.2) is 4.98 Å². The van der Waals surface area contributed by atoms with Crippen LogP contribution in [0.25, 0.3) is 27.6 Å². The van der Waals surface area contributed by atoms with Gasteiger partial charge in [-0.3, -0.25) is 4.57 Å². The van der Waals surface area contributed by atoms with Crippen molar-refractivity contribution in [3.63, 3.8) is 0 Å². The second kappa shape index (κ2) is 16.2. The molecular weight excluding hydrogens is 805 g/mol. The molecule has 0 saturated carbocycles. The Kier molecular flexibility index (Phi) is 11.5. The summed E-state index contributed by atoms with van der Waals surface area (Å²) in [6, 6.07) is 44.7. The van der Waals surface area contributed by atoms with Crippen LogP contribution in [0.1, 0.15) is 146 Å². The number of ether oxygens (including phenoxy) is 1. The zero-order valence-corrected chi connectivity index (χ0v) is 43.0. The van der Waals surface area contributed by atoms with E-state index in [1.54, 1.807) is 0 Å². The first-order valence-electron chi connectivity index (χ1n) is 24.0. The van der Waals surface area contributed by atoms with E-state index in [4.69, 9.17) is 9.72 Å². The van der Waals surface area contributed by atoms with Gasteiger partial charge in [0.05, 0.1) is 17.7 Å². The number of fused-ring (bicyclic) bond motifs is 3. The second-order valence-corrected chi connectivity index (χ2v) is 24.5. The molecule has 5 nitrogen and oxygen atoms in total. The van der Waals surface area contributed by atoms with Crippen LogP contribution >= 0.6 is 0 Å². The summed E-state index contributed by atoms with van der Waals surface area (Å²) in [6.45, 7) is 40.3. The van der Waals surface area contributed by atoms with E-state index >= 15 is 0 Å². The molecule has 0 spiro atoms. The van der Waals surface area contributed by atoms with E-state index in [1.165, 1.54) is 55.7 Å². The summed E-state index contributed by atoms with van der Waals surface area (Å²) in [4.78, 5) is 10.1. The highest BCUT2D eigenvalue weighted by Gasteiger charge is 2.43. The minimum atomic E-state index is -0.202. The highest BCUT2D eigenvalue weighted by atomic mass is 16.5. The SMILES string of the molecule is CC(C)(C)C1=C(C(C)(C)C)N(c2cc(C(C)(C)C)cc(C(C)(C)c3ccccc3)c2)CN1c1cc(Oc2ccc3c4ccccc4n(-c4cc(C(C)(C)C)ccn4)c3c2)cc(C(C)(C)C)c1. The lowest BCUT2D eigenvalue weighted by Crippen LogP contribution is -2.32. The van der Waals surface area contributed by atoms with Crippen molar-refractivity contribution in [3.8, 4) is 17.3 Å². The van der Waals surface area contributed by atoms with E-state index in [-0.39, 0.29) is 32.5 Å². The summed E-state index contributed by atoms with van der Waals surface area (Å²) in [5.74, 6) is 2.51. The summed E-state index contributed by atoms with van der Waals surface area (Å²) >= 11 is 0. The first-order chi connectivity index (χ1) is 30.6. The fraction of sp³-hybridized carbons (Fsp3) is 0.393. The Bertz CT molecular complexity index is 2970. The smallest absolute Gasteiger partial charge is 0.137 e. The molecule has 5 heteroatoms. The third-order valence-electron chi connectivity index (χ3n) is 13.6. The van der Waals surface area contributed by atoms with E-state index < -0.39 is 0 Å². The fourth-order valence-electron chi connectivity index (χ4n) is 9.70. The summed E-state index contributed by atoms with van der Waals surface area (Å²) in [6.07, 6.45) is 1.94. The van der Waals surface area contributed by atoms with Crippen molar-refractivity contribution in [2.45, 2.75) is 139 Å². The van der Waals surface area contributed by atoms with Crippen LogP contribution in [0, 0.1) is 10.8 Å². The molecule has 0 unspecified atom stereocenters. The Hall–Kier alpha value is -5.81. The van der Waals surface area contributed by atoms with Crippen LogP contribution in [0.5, 0.6) is 11.5 Å². The van der Waals surface area contributed by atoms with Crippen LogP contribution in [0.3, 0.4) is 0 Å². The van der Waals surface area contributed by atoms with E-state index in [9.17, 15) is 0 Å². The van der Waals surface area contributed by atoms with Gasteiger partial charge in [0.2, 0.25) is 0 Å². The lowest BCUT2D eigenvalue weighted by atomic mass is 9.75. The quantitative estimate of drug-likeness (QED) is 0.160. The number of hydrogen-bond donors (Lipinski definition) is 0. The molecule has 1 aliphatic rings. The first-order valence-corrected chi connectivity index (χ1v) is 24.0. The molecule has 1 aliphatic heterocycles. The lowest BCUT2D eigenvalue weighted by molar-refractivity contribution is 0.444. The molecule has 0 N–H and O–H groups in total. The maximum Gasteiger partial charge on any atom is 0.137 e. The Morgan fingerprint density at radius 3 is 1.53 bits per heavy atom. The Labute approximate surface area is 396 Å². The van der Waals surface area contributed by atoms with Crippen LogP contribution in [-0.2, 0) is 21.7 Å². The van der Waals surface area contributed by atoms with Gasteiger partial charge >= 0.3 is 0 Å². The second-order valence-electron chi connectivity index (χ2n) is 24.5. The average Bonchev–Trinajstić information content (AvgIpc) is 3.81. The van der Waals surface area contributed by atoms with Crippen LogP contribution in [0.2, 0.25) is 0 Å². The largest absolute Gasteiger partial charge is 0.457 e. The molecule has 5 aromatic carbocycles. The predicted molar refractivity (Wildman–Crippen MR) is 282 cm³/mol. The van der Waals surface area contributed by atoms with E-state index in [1.807, 2.05) is 6.20 Å². The normalized spacial score (nSPS) is 14.6. The van der Waals surface area contributed by atoms with Gasteiger partial charge in [-0.05, 0) is 98.7 Å². The molecule has 2 aromatic heterocycles. The number of nitrogens with zero attached hydrogens (tertiary/aromatic N) is 4. The number of hydrogen-bond acceptors (Lipinski definition) is 4. The molecule has 0 radical (unpaired) electrons. The standard InChI is InChI=1S/C61H74N4O/c1-56(2,3)41-29-30-62-53(36-41)65-51-26-22-21-25-49(51)50-28-27-47(38-52(50)65)66-48-35-43(58(7,8)9)33-46(37-48)64-39-63(54(59(10,11)12)55(64)60(13,14)15)45-32-42(57(4,5)6)31-44(34-45)61(16,17)40-23-19-18-20-24-40/h18-38H,39H2,1-17H3. The Balaban J connectivity index is 1.28. The van der Waals surface area contributed by atoms with Crippen molar-refractivity contribution < 1.29 is 4.74 Å². The maximum atomic E-state index is 7.07. The van der Waals surface area contributed by atoms with Gasteiger partial charge < -0.3 is 14.5 Å². The van der Waals surface area contributed by atoms with Gasteiger partial charge in [-0.15, -0.1) is 0 Å². The molecule has 3 heterocycles. The summed E-state index contributed by atoms with van der Waals surface area (Å²) < 4.78 is 9.36. The molecule has 344 valence electrons. The Morgan fingerprint density at radius 1 is 0.409 bits per heavy atom. The molecular formula is C61H74N4O. The number of pyridine rings is 1. The molecule has 0 aliphatic carbocycles. The van der Waals surface area contributed by atoms with Crippen LogP contribution in [0.4, 0.5) is 11.4 Å². The van der Waals surface area contributed by atoms with Gasteiger partial charge in [0.25, 0.3) is 0 Å². The van der Waals surface area contributed by atoms with E-state index in [2.05, 4.69) is 253 Å². The van der Waals surface area contributed by atoms with Crippen molar-refractivity contribution in [2.24, 2.45) is 10.8 Å². The van der Waals surface area contributed by atoms with Crippen LogP contribution < -0.4 is 14.5 Å². The highest BCUT2D eigenvalue weighted by Crippen LogP contribution is 2.50. The average molecular weight is 879 g/mol. The number of anilines is 2. The van der Waals surface area contributed by atoms with Crippen LogP contribution in [0.15, 0.2) is 139 Å². The molecule has 7 aromatic rings. The maximum absolute atomic E-state index is 7.07. The topological polar surface area (TPSA) is 33.5 Å². The van der Waals surface area contributed by atoms with Gasteiger partial charge in [-0.2, -0.15) is 0 Å². The highest BCUT2D eigenvalue weighted by molar-refractivity contribution is 6.09. The number of para-hydroxylation sites is 1. The number of benzene rings is 5. The number of rotatable bonds is 7. The number of aromatic nitrogens is 2. The van der Waals surface area contributed by atoms with Crippen molar-refractivity contribution >= 4 is 33.2 Å². The molecule has 0 bridgehead atoms. The molecule has 0 atom stereocenters. The molecule has 0 saturated heterocycles. The van der Waals surface area contributed by atoms with E-state index in [0.29, 0.717) is 6.67 Å². The summed E-state index contributed by atoms with van der Waals surface area (Å²) in [7, 11) is 0. The zero-order valence-electron chi connectivity index (χ0n) is 43.0. The third-order valence-corrected chi connectivity index (χ3v) is 13.6. The lowest BCUT2D eigenvalue weighted by Gasteiger charge is -2.35. The zero-order chi connectivity index (χ0) is 47.9. The van der Waals surface area contributed by atoms with Gasteiger partial charge in [0, 0.05) is 68.1 Å². The van der Waals surface area contributed by atoms with Crippen molar-refractivity contribution in [1.29, 1.82) is 0 Å². The van der Waals surface area contributed by atoms with Crippen molar-refractivity contribution in [2.75, 3.05) is 16.5 Å². The number of allylic oxidation sites excluding steroid dienone is 2. The fourth-order valence-corrected chi connectivity index (χ4v) is 9.70. The van der Waals surface area contributed by atoms with E-state index in [0.717, 1.165) is 34.0 Å². The van der Waals surface area contributed by atoms with Gasteiger partial charge in [0.1, 0.15) is 17.3 Å². The minimum Gasteiger partial charge on any atom is -0.457 e. The predicted octanol–water partition coefficient (Wildman–Crippen LogP) is 16.8. The molecule has 66 heavy (non-hydrogen) atoms. The summed E-state index contributed by atoms with van der Waals surface area (Å²) in [5, 5.41) is 2.36. The third kappa shape index (κ3) is 8.91. The summed E-state index contributed by atoms with van der Waals surface area (Å²) in [5.41, 5.74) is 12.9. The Morgan fingerprint density at radius 2 is 0.939 bits per heavy atom.